The molecule has 1 aliphatic rings. The summed E-state index contributed by atoms with van der Waals surface area (Å²) in [5.41, 5.74) is 0.743. The molecule has 1 fully saturated rings. The Balaban J connectivity index is 2.13. The van der Waals surface area contributed by atoms with E-state index in [1.807, 2.05) is 0 Å². The predicted molar refractivity (Wildman–Crippen MR) is 103 cm³/mol. The van der Waals surface area contributed by atoms with Crippen molar-refractivity contribution in [2.75, 3.05) is 32.7 Å². The smallest absolute Gasteiger partial charge is 0.417 e. The molecule has 0 atom stereocenters. The Morgan fingerprint density at radius 3 is 2.37 bits per heavy atom. The van der Waals surface area contributed by atoms with E-state index in [1.165, 1.54) is 4.90 Å². The summed E-state index contributed by atoms with van der Waals surface area (Å²) in [7, 11) is 0. The number of aromatic nitrogens is 2. The van der Waals surface area contributed by atoms with Gasteiger partial charge in [0.15, 0.2) is 0 Å². The summed E-state index contributed by atoms with van der Waals surface area (Å²) in [5.74, 6) is 0. The van der Waals surface area contributed by atoms with E-state index in [-0.39, 0.29) is 21.5 Å². The first kappa shape index (κ1) is 21.2. The number of H-pyrrole nitrogens is 1. The molecule has 0 spiro atoms. The number of amides is 3. The van der Waals surface area contributed by atoms with Gasteiger partial charge in [0.05, 0.1) is 26.0 Å². The number of piperazine rings is 1. The van der Waals surface area contributed by atoms with Gasteiger partial charge in [-0.3, -0.25) is 4.90 Å². The molecular weight excluding hydrogens is 346 g/mol. The SMILES string of the molecule is CC(C)(C)CC(C)(C)NC(=O)[N+]1(CCc2cnc[nH]2)CCN(C(=O)O)CC1. The van der Waals surface area contributed by atoms with Crippen LogP contribution >= 0.6 is 0 Å². The van der Waals surface area contributed by atoms with Gasteiger partial charge in [-0.15, -0.1) is 0 Å². The minimum absolute atomic E-state index is 0.0196. The van der Waals surface area contributed by atoms with Crippen LogP contribution in [0.2, 0.25) is 0 Å². The van der Waals surface area contributed by atoms with E-state index in [2.05, 4.69) is 49.9 Å². The molecule has 0 bridgehead atoms. The number of nitrogens with one attached hydrogen (secondary N) is 2. The number of carbonyl (C=O) groups is 2. The standard InChI is InChI=1S/C19H33N5O3/c1-18(2,3)13-19(4,5)22-16(25)24(9-6-15-12-20-14-21-15)10-7-23(8-11-24)17(26)27/h12,14H,6-11,13H2,1-5H3,(H2-,20,21,22,25,26,27)/p+1. The molecule has 8 heteroatoms. The van der Waals surface area contributed by atoms with Crippen LogP contribution in [0.1, 0.15) is 46.7 Å². The van der Waals surface area contributed by atoms with Crippen molar-refractivity contribution >= 4 is 12.1 Å². The molecule has 1 saturated heterocycles. The van der Waals surface area contributed by atoms with Gasteiger partial charge >= 0.3 is 12.1 Å². The van der Waals surface area contributed by atoms with Gasteiger partial charge in [0, 0.05) is 23.9 Å². The number of rotatable bonds is 5. The lowest BCUT2D eigenvalue weighted by atomic mass is 9.82. The summed E-state index contributed by atoms with van der Waals surface area (Å²) < 4.78 is 0.246. The average molecular weight is 381 g/mol. The molecule has 8 nitrogen and oxygen atoms in total. The Morgan fingerprint density at radius 2 is 1.89 bits per heavy atom. The lowest BCUT2D eigenvalue weighted by Gasteiger charge is -2.43. The van der Waals surface area contributed by atoms with E-state index in [1.54, 1.807) is 12.5 Å². The van der Waals surface area contributed by atoms with E-state index >= 15 is 0 Å². The van der Waals surface area contributed by atoms with Gasteiger partial charge in [0.1, 0.15) is 13.1 Å². The van der Waals surface area contributed by atoms with E-state index in [0.29, 0.717) is 39.1 Å². The summed E-state index contributed by atoms with van der Waals surface area (Å²) >= 11 is 0. The van der Waals surface area contributed by atoms with Gasteiger partial charge < -0.3 is 15.4 Å². The maximum atomic E-state index is 13.3. The number of aromatic amines is 1. The van der Waals surface area contributed by atoms with Crippen molar-refractivity contribution in [1.29, 1.82) is 0 Å². The highest BCUT2D eigenvalue weighted by Crippen LogP contribution is 2.28. The molecule has 0 unspecified atom stereocenters. The fourth-order valence-electron chi connectivity index (χ4n) is 4.10. The Morgan fingerprint density at radius 1 is 1.26 bits per heavy atom. The molecule has 1 aromatic rings. The number of hydrogen-bond acceptors (Lipinski definition) is 3. The minimum atomic E-state index is -0.921. The van der Waals surface area contributed by atoms with Crippen molar-refractivity contribution in [2.24, 2.45) is 5.41 Å². The van der Waals surface area contributed by atoms with E-state index < -0.39 is 6.09 Å². The van der Waals surface area contributed by atoms with Crippen LogP contribution in [0, 0.1) is 5.41 Å². The molecule has 152 valence electrons. The first-order chi connectivity index (χ1) is 12.4. The van der Waals surface area contributed by atoms with Crippen LogP contribution in [-0.2, 0) is 6.42 Å². The molecule has 3 N–H and O–H groups in total. The van der Waals surface area contributed by atoms with Crippen LogP contribution in [0.15, 0.2) is 12.5 Å². The third-order valence-electron chi connectivity index (χ3n) is 5.08. The van der Waals surface area contributed by atoms with E-state index in [0.717, 1.165) is 12.1 Å². The van der Waals surface area contributed by atoms with Crippen molar-refractivity contribution < 1.29 is 19.2 Å². The molecule has 0 radical (unpaired) electrons. The zero-order valence-corrected chi connectivity index (χ0v) is 17.2. The summed E-state index contributed by atoms with van der Waals surface area (Å²) in [4.78, 5) is 33.1. The Kier molecular flexibility index (Phi) is 6.19. The molecule has 0 aromatic carbocycles. The second-order valence-electron chi connectivity index (χ2n) is 9.46. The topological polar surface area (TPSA) is 98.3 Å². The number of imidazole rings is 1. The summed E-state index contributed by atoms with van der Waals surface area (Å²) in [6.07, 6.45) is 4.03. The fraction of sp³-hybridized carbons (Fsp3) is 0.737. The van der Waals surface area contributed by atoms with Gasteiger partial charge in [0.2, 0.25) is 0 Å². The molecule has 0 saturated carbocycles. The molecule has 2 heterocycles. The van der Waals surface area contributed by atoms with Crippen molar-refractivity contribution in [3.63, 3.8) is 0 Å². The van der Waals surface area contributed by atoms with Gasteiger partial charge in [-0.2, -0.15) is 0 Å². The van der Waals surface area contributed by atoms with Crippen molar-refractivity contribution in [3.05, 3.63) is 18.2 Å². The first-order valence-corrected chi connectivity index (χ1v) is 9.56. The van der Waals surface area contributed by atoms with Gasteiger partial charge in [-0.25, -0.2) is 19.1 Å². The van der Waals surface area contributed by atoms with Crippen molar-refractivity contribution in [2.45, 2.75) is 53.0 Å². The Hall–Kier alpha value is -2.09. The second-order valence-corrected chi connectivity index (χ2v) is 9.46. The highest BCUT2D eigenvalue weighted by Gasteiger charge is 2.43. The largest absolute Gasteiger partial charge is 0.465 e. The maximum absolute atomic E-state index is 13.3. The second kappa shape index (κ2) is 7.88. The zero-order valence-electron chi connectivity index (χ0n) is 17.2. The number of carbonyl (C=O) groups excluding carboxylic acids is 1. The Bertz CT molecular complexity index is 641. The molecular formula is C19H34N5O3+. The quantitative estimate of drug-likeness (QED) is 0.684. The number of urea groups is 1. The number of hydrogen-bond donors (Lipinski definition) is 3. The molecule has 1 aromatic heterocycles. The molecule has 27 heavy (non-hydrogen) atoms. The number of nitrogens with zero attached hydrogens (tertiary/aromatic N) is 3. The molecule has 2 rings (SSSR count). The summed E-state index contributed by atoms with van der Waals surface area (Å²) in [5, 5.41) is 12.5. The van der Waals surface area contributed by atoms with Crippen LogP contribution in [-0.4, -0.2) is 74.8 Å². The van der Waals surface area contributed by atoms with Crippen LogP contribution in [0.4, 0.5) is 9.59 Å². The monoisotopic (exact) mass is 380 g/mol. The maximum Gasteiger partial charge on any atom is 0.417 e. The van der Waals surface area contributed by atoms with Crippen LogP contribution in [0.3, 0.4) is 0 Å². The first-order valence-electron chi connectivity index (χ1n) is 9.56. The lowest BCUT2D eigenvalue weighted by molar-refractivity contribution is -0.855. The Labute approximate surface area is 161 Å². The van der Waals surface area contributed by atoms with Gasteiger partial charge in [-0.05, 0) is 25.7 Å². The van der Waals surface area contributed by atoms with Crippen molar-refractivity contribution in [1.82, 2.24) is 20.2 Å². The zero-order chi connectivity index (χ0) is 20.3. The lowest BCUT2D eigenvalue weighted by Crippen LogP contribution is -2.68. The molecule has 0 aliphatic carbocycles. The third kappa shape index (κ3) is 5.95. The van der Waals surface area contributed by atoms with Crippen molar-refractivity contribution in [3.8, 4) is 0 Å². The van der Waals surface area contributed by atoms with Gasteiger partial charge in [0.25, 0.3) is 0 Å². The number of carboxylic acid groups (broad SMARTS) is 1. The van der Waals surface area contributed by atoms with Gasteiger partial charge in [-0.1, -0.05) is 20.8 Å². The summed E-state index contributed by atoms with van der Waals surface area (Å²) in [6, 6.07) is -0.0196. The van der Waals surface area contributed by atoms with Crippen LogP contribution in [0.5, 0.6) is 0 Å². The highest BCUT2D eigenvalue weighted by molar-refractivity contribution is 5.69. The summed E-state index contributed by atoms with van der Waals surface area (Å²) in [6.45, 7) is 12.9. The minimum Gasteiger partial charge on any atom is -0.465 e. The molecule has 1 aliphatic heterocycles. The highest BCUT2D eigenvalue weighted by atomic mass is 16.4. The molecule has 3 amide bonds. The van der Waals surface area contributed by atoms with Crippen LogP contribution < -0.4 is 5.32 Å². The average Bonchev–Trinajstić information content (AvgIpc) is 3.03. The number of quaternary nitrogens is 1. The van der Waals surface area contributed by atoms with E-state index in [9.17, 15) is 14.7 Å². The fourth-order valence-corrected chi connectivity index (χ4v) is 4.10. The van der Waals surface area contributed by atoms with Crippen LogP contribution in [0.25, 0.3) is 0 Å². The van der Waals surface area contributed by atoms with E-state index in [4.69, 9.17) is 0 Å². The normalized spacial score (nSPS) is 17.6. The predicted octanol–water partition coefficient (Wildman–Crippen LogP) is 2.69. The third-order valence-corrected chi connectivity index (χ3v) is 5.08.